The number of nitrogens with zero attached hydrogens (tertiary/aromatic N) is 4. The molecular formula is C22H20N4O2. The van der Waals surface area contributed by atoms with Crippen LogP contribution in [0.15, 0.2) is 61.1 Å². The second-order valence-corrected chi connectivity index (χ2v) is 6.77. The highest BCUT2D eigenvalue weighted by Crippen LogP contribution is 2.24. The van der Waals surface area contributed by atoms with Crippen LogP contribution in [0.5, 0.6) is 11.6 Å². The largest absolute Gasteiger partial charge is 0.439 e. The molecule has 0 atom stereocenters. The van der Waals surface area contributed by atoms with E-state index < -0.39 is 0 Å². The fourth-order valence-corrected chi connectivity index (χ4v) is 3.29. The first-order valence-corrected chi connectivity index (χ1v) is 9.30. The predicted octanol–water partition coefficient (Wildman–Crippen LogP) is 4.11. The van der Waals surface area contributed by atoms with Crippen molar-refractivity contribution in [3.05, 3.63) is 72.2 Å². The zero-order chi connectivity index (χ0) is 19.3. The van der Waals surface area contributed by atoms with Gasteiger partial charge in [-0.05, 0) is 54.8 Å². The summed E-state index contributed by atoms with van der Waals surface area (Å²) in [6.45, 7) is 1.40. The van der Waals surface area contributed by atoms with E-state index in [4.69, 9.17) is 10.00 Å². The molecule has 1 aliphatic heterocycles. The minimum absolute atomic E-state index is 0.201. The fraction of sp³-hybridized carbons (Fsp3) is 0.227. The molecule has 6 nitrogen and oxygen atoms in total. The number of rotatable bonds is 5. The van der Waals surface area contributed by atoms with Gasteiger partial charge in [0.2, 0.25) is 11.8 Å². The van der Waals surface area contributed by atoms with E-state index in [2.05, 4.69) is 11.1 Å². The molecule has 4 rings (SSSR count). The Labute approximate surface area is 163 Å². The number of amides is 1. The van der Waals surface area contributed by atoms with Gasteiger partial charge in [0.1, 0.15) is 5.75 Å². The molecule has 1 amide bonds. The van der Waals surface area contributed by atoms with Gasteiger partial charge in [0.25, 0.3) is 0 Å². The van der Waals surface area contributed by atoms with Crippen LogP contribution in [-0.4, -0.2) is 22.0 Å². The normalized spacial score (nSPS) is 14.0. The van der Waals surface area contributed by atoms with Crippen LogP contribution in [0.25, 0.3) is 0 Å². The van der Waals surface area contributed by atoms with Crippen molar-refractivity contribution in [3.63, 3.8) is 0 Å². The molecule has 0 bridgehead atoms. The van der Waals surface area contributed by atoms with Crippen LogP contribution in [0, 0.1) is 11.3 Å². The summed E-state index contributed by atoms with van der Waals surface area (Å²) in [5.41, 5.74) is 2.64. The maximum atomic E-state index is 12.1. The summed E-state index contributed by atoms with van der Waals surface area (Å²) in [4.78, 5) is 18.1. The third kappa shape index (κ3) is 3.89. The Balaban J connectivity index is 1.45. The summed E-state index contributed by atoms with van der Waals surface area (Å²) in [6.07, 6.45) is 6.06. The molecule has 0 radical (unpaired) electrons. The van der Waals surface area contributed by atoms with Crippen LogP contribution in [-0.2, 0) is 11.3 Å². The molecule has 0 saturated carbocycles. The second-order valence-electron chi connectivity index (χ2n) is 6.77. The van der Waals surface area contributed by atoms with Gasteiger partial charge >= 0.3 is 0 Å². The van der Waals surface area contributed by atoms with Gasteiger partial charge in [-0.15, -0.1) is 0 Å². The van der Waals surface area contributed by atoms with Crippen LogP contribution in [0.4, 0.5) is 5.69 Å². The minimum atomic E-state index is 0.201. The third-order valence-corrected chi connectivity index (χ3v) is 4.80. The molecule has 0 unspecified atom stereocenters. The molecular weight excluding hydrogens is 352 g/mol. The summed E-state index contributed by atoms with van der Waals surface area (Å²) in [7, 11) is 0. The van der Waals surface area contributed by atoms with Crippen LogP contribution in [0.3, 0.4) is 0 Å². The lowest BCUT2D eigenvalue weighted by Crippen LogP contribution is -2.35. The summed E-state index contributed by atoms with van der Waals surface area (Å²) in [5, 5.41) is 8.88. The lowest BCUT2D eigenvalue weighted by Gasteiger charge is -2.26. The molecule has 28 heavy (non-hydrogen) atoms. The fourth-order valence-electron chi connectivity index (χ4n) is 3.29. The number of imidazole rings is 1. The van der Waals surface area contributed by atoms with Crippen LogP contribution in [0.2, 0.25) is 0 Å². The first-order chi connectivity index (χ1) is 13.7. The Hall–Kier alpha value is -3.59. The Morgan fingerprint density at radius 2 is 1.86 bits per heavy atom. The Bertz CT molecular complexity index is 1000. The second kappa shape index (κ2) is 7.97. The molecule has 1 fully saturated rings. The van der Waals surface area contributed by atoms with Crippen molar-refractivity contribution in [1.82, 2.24) is 9.55 Å². The Morgan fingerprint density at radius 3 is 2.57 bits per heavy atom. The average Bonchev–Trinajstić information content (AvgIpc) is 3.16. The Kier molecular flexibility index (Phi) is 5.07. The highest BCUT2D eigenvalue weighted by atomic mass is 16.5. The van der Waals surface area contributed by atoms with Gasteiger partial charge in [0, 0.05) is 18.7 Å². The summed E-state index contributed by atoms with van der Waals surface area (Å²) < 4.78 is 7.81. The van der Waals surface area contributed by atoms with Crippen molar-refractivity contribution in [1.29, 1.82) is 5.26 Å². The van der Waals surface area contributed by atoms with Crippen molar-refractivity contribution in [3.8, 4) is 17.7 Å². The maximum absolute atomic E-state index is 12.1. The topological polar surface area (TPSA) is 71.2 Å². The molecule has 1 saturated heterocycles. The SMILES string of the molecule is N#Cc1ccc(Oc2cncn2Cc2ccc(N3CCCCC3=O)cc2)cc1. The number of piperidine rings is 1. The van der Waals surface area contributed by atoms with Crippen molar-refractivity contribution >= 4 is 11.6 Å². The van der Waals surface area contributed by atoms with Crippen molar-refractivity contribution in [2.75, 3.05) is 11.4 Å². The number of ether oxygens (including phenoxy) is 1. The zero-order valence-electron chi connectivity index (χ0n) is 15.4. The van der Waals surface area contributed by atoms with Crippen LogP contribution in [0.1, 0.15) is 30.4 Å². The van der Waals surface area contributed by atoms with E-state index in [1.165, 1.54) is 0 Å². The van der Waals surface area contributed by atoms with Gasteiger partial charge in [-0.2, -0.15) is 5.26 Å². The molecule has 2 aromatic carbocycles. The highest BCUT2D eigenvalue weighted by Gasteiger charge is 2.19. The van der Waals surface area contributed by atoms with Gasteiger partial charge in [-0.3, -0.25) is 9.36 Å². The quantitative estimate of drug-likeness (QED) is 0.676. The number of anilines is 1. The number of carbonyl (C=O) groups is 1. The number of carbonyl (C=O) groups excluding carboxylic acids is 1. The van der Waals surface area contributed by atoms with E-state index in [9.17, 15) is 4.79 Å². The summed E-state index contributed by atoms with van der Waals surface area (Å²) in [6, 6.07) is 17.1. The summed E-state index contributed by atoms with van der Waals surface area (Å²) in [5.74, 6) is 1.48. The first kappa shape index (κ1) is 17.8. The van der Waals surface area contributed by atoms with E-state index in [-0.39, 0.29) is 5.91 Å². The predicted molar refractivity (Wildman–Crippen MR) is 105 cm³/mol. The average molecular weight is 372 g/mol. The van der Waals surface area contributed by atoms with Crippen molar-refractivity contribution in [2.24, 2.45) is 0 Å². The molecule has 2 heterocycles. The zero-order valence-corrected chi connectivity index (χ0v) is 15.4. The van der Waals surface area contributed by atoms with Crippen molar-refractivity contribution in [2.45, 2.75) is 25.8 Å². The molecule has 0 spiro atoms. The lowest BCUT2D eigenvalue weighted by molar-refractivity contribution is -0.119. The molecule has 6 heteroatoms. The summed E-state index contributed by atoms with van der Waals surface area (Å²) >= 11 is 0. The number of hydrogen-bond donors (Lipinski definition) is 0. The van der Waals surface area contributed by atoms with Gasteiger partial charge in [0.15, 0.2) is 0 Å². The number of aromatic nitrogens is 2. The third-order valence-electron chi connectivity index (χ3n) is 4.80. The van der Waals surface area contributed by atoms with Gasteiger partial charge in [0.05, 0.1) is 30.7 Å². The van der Waals surface area contributed by atoms with Gasteiger partial charge in [-0.25, -0.2) is 4.98 Å². The first-order valence-electron chi connectivity index (χ1n) is 9.30. The van der Waals surface area contributed by atoms with Crippen molar-refractivity contribution < 1.29 is 9.53 Å². The van der Waals surface area contributed by atoms with E-state index in [0.29, 0.717) is 30.2 Å². The Morgan fingerprint density at radius 1 is 1.07 bits per heavy atom. The van der Waals surface area contributed by atoms with Gasteiger partial charge in [-0.1, -0.05) is 12.1 Å². The lowest BCUT2D eigenvalue weighted by atomic mass is 10.1. The van der Waals surface area contributed by atoms with E-state index in [1.54, 1.807) is 36.8 Å². The minimum Gasteiger partial charge on any atom is -0.439 e. The van der Waals surface area contributed by atoms with Crippen LogP contribution < -0.4 is 9.64 Å². The van der Waals surface area contributed by atoms with E-state index >= 15 is 0 Å². The number of nitriles is 1. The highest BCUT2D eigenvalue weighted by molar-refractivity contribution is 5.93. The molecule has 140 valence electrons. The molecule has 1 aliphatic rings. The van der Waals surface area contributed by atoms with E-state index in [0.717, 1.165) is 30.6 Å². The smallest absolute Gasteiger partial charge is 0.226 e. The molecule has 0 N–H and O–H groups in total. The number of benzene rings is 2. The number of hydrogen-bond acceptors (Lipinski definition) is 4. The van der Waals surface area contributed by atoms with E-state index in [1.807, 2.05) is 33.7 Å². The molecule has 1 aromatic heterocycles. The monoisotopic (exact) mass is 372 g/mol. The van der Waals surface area contributed by atoms with Crippen LogP contribution >= 0.6 is 0 Å². The molecule has 3 aromatic rings. The maximum Gasteiger partial charge on any atom is 0.226 e. The molecule has 0 aliphatic carbocycles. The standard InChI is InChI=1S/C22H20N4O2/c23-13-17-6-10-20(11-7-17)28-22-14-24-16-25(22)15-18-4-8-19(9-5-18)26-12-2-1-3-21(26)27/h4-11,14,16H,1-3,12,15H2. The van der Waals surface area contributed by atoms with Gasteiger partial charge < -0.3 is 9.64 Å².